The van der Waals surface area contributed by atoms with Gasteiger partial charge in [0.1, 0.15) is 4.60 Å². The van der Waals surface area contributed by atoms with Crippen LogP contribution in [0.3, 0.4) is 0 Å². The molecule has 0 atom stereocenters. The zero-order valence-corrected chi connectivity index (χ0v) is 10.3. The van der Waals surface area contributed by atoms with Gasteiger partial charge < -0.3 is 5.32 Å². The minimum atomic E-state index is -0.838. The highest BCUT2D eigenvalue weighted by molar-refractivity contribution is 9.10. The Labute approximate surface area is 106 Å². The molecular weight excluding hydrogens is 290 g/mol. The molecule has 1 aromatic heterocycles. The van der Waals surface area contributed by atoms with Crippen molar-refractivity contribution >= 4 is 21.6 Å². The van der Waals surface area contributed by atoms with Crippen molar-refractivity contribution in [2.45, 2.75) is 6.54 Å². The van der Waals surface area contributed by atoms with Gasteiger partial charge in [-0.15, -0.1) is 0 Å². The fourth-order valence-corrected chi connectivity index (χ4v) is 1.78. The number of anilines is 1. The van der Waals surface area contributed by atoms with E-state index in [1.54, 1.807) is 18.3 Å². The van der Waals surface area contributed by atoms with Gasteiger partial charge in [-0.05, 0) is 34.1 Å². The molecule has 88 valence electrons. The number of halogens is 3. The third-order valence-electron chi connectivity index (χ3n) is 2.26. The maximum absolute atomic E-state index is 13.4. The molecule has 0 saturated carbocycles. The second kappa shape index (κ2) is 5.23. The van der Waals surface area contributed by atoms with E-state index in [-0.39, 0.29) is 12.1 Å². The van der Waals surface area contributed by atoms with E-state index in [2.05, 4.69) is 26.2 Å². The van der Waals surface area contributed by atoms with Crippen LogP contribution < -0.4 is 5.32 Å². The summed E-state index contributed by atoms with van der Waals surface area (Å²) in [6.07, 6.45) is 1.64. The van der Waals surface area contributed by atoms with Gasteiger partial charge in [-0.2, -0.15) is 0 Å². The largest absolute Gasteiger partial charge is 0.379 e. The Morgan fingerprint density at radius 3 is 2.76 bits per heavy atom. The van der Waals surface area contributed by atoms with Gasteiger partial charge in [0.2, 0.25) is 0 Å². The molecule has 0 aliphatic carbocycles. The molecule has 0 spiro atoms. The second-order valence-corrected chi connectivity index (χ2v) is 4.16. The average Bonchev–Trinajstić information content (AvgIpc) is 2.33. The lowest BCUT2D eigenvalue weighted by molar-refractivity contribution is 0.500. The van der Waals surface area contributed by atoms with Crippen LogP contribution in [-0.4, -0.2) is 4.98 Å². The maximum Gasteiger partial charge on any atom is 0.163 e. The highest BCUT2D eigenvalue weighted by Crippen LogP contribution is 2.20. The summed E-state index contributed by atoms with van der Waals surface area (Å²) in [5.41, 5.74) is 1.01. The molecule has 0 amide bonds. The molecule has 1 heterocycles. The molecule has 2 aromatic rings. The predicted octanol–water partition coefficient (Wildman–Crippen LogP) is 3.73. The van der Waals surface area contributed by atoms with Crippen LogP contribution in [0, 0.1) is 11.6 Å². The normalized spacial score (nSPS) is 10.3. The molecule has 5 heteroatoms. The number of rotatable bonds is 3. The molecule has 0 saturated heterocycles. The molecule has 0 aliphatic heterocycles. The molecule has 0 bridgehead atoms. The van der Waals surface area contributed by atoms with Gasteiger partial charge in [-0.3, -0.25) is 0 Å². The second-order valence-electron chi connectivity index (χ2n) is 3.41. The molecule has 0 aliphatic rings. The minimum Gasteiger partial charge on any atom is -0.379 e. The van der Waals surface area contributed by atoms with Crippen LogP contribution in [0.4, 0.5) is 14.5 Å². The van der Waals surface area contributed by atoms with Gasteiger partial charge in [0.25, 0.3) is 0 Å². The summed E-state index contributed by atoms with van der Waals surface area (Å²) >= 11 is 3.26. The molecule has 17 heavy (non-hydrogen) atoms. The zero-order valence-electron chi connectivity index (χ0n) is 8.75. The lowest BCUT2D eigenvalue weighted by atomic mass is 10.2. The van der Waals surface area contributed by atoms with E-state index >= 15 is 0 Å². The number of pyridine rings is 1. The lowest BCUT2D eigenvalue weighted by Gasteiger charge is -2.08. The first-order chi connectivity index (χ1) is 8.18. The van der Waals surface area contributed by atoms with Gasteiger partial charge in [0.15, 0.2) is 11.6 Å². The Morgan fingerprint density at radius 1 is 1.18 bits per heavy atom. The van der Waals surface area contributed by atoms with Gasteiger partial charge in [-0.25, -0.2) is 13.8 Å². The van der Waals surface area contributed by atoms with Crippen LogP contribution in [0.15, 0.2) is 41.1 Å². The van der Waals surface area contributed by atoms with E-state index < -0.39 is 11.6 Å². The molecule has 1 N–H and O–H groups in total. The van der Waals surface area contributed by atoms with Crippen LogP contribution in [-0.2, 0) is 6.54 Å². The van der Waals surface area contributed by atoms with E-state index in [1.165, 1.54) is 12.1 Å². The number of hydrogen-bond acceptors (Lipinski definition) is 2. The smallest absolute Gasteiger partial charge is 0.163 e. The third kappa shape index (κ3) is 2.79. The van der Waals surface area contributed by atoms with Crippen LogP contribution in [0.5, 0.6) is 0 Å². The summed E-state index contributed by atoms with van der Waals surface area (Å²) in [7, 11) is 0. The molecule has 0 fully saturated rings. The molecule has 1 aromatic carbocycles. The van der Waals surface area contributed by atoms with E-state index in [4.69, 9.17) is 0 Å². The van der Waals surface area contributed by atoms with E-state index in [0.29, 0.717) is 4.60 Å². The fourth-order valence-electron chi connectivity index (χ4n) is 1.39. The first kappa shape index (κ1) is 12.0. The Hall–Kier alpha value is -1.49. The van der Waals surface area contributed by atoms with Crippen molar-refractivity contribution in [1.82, 2.24) is 4.98 Å². The number of nitrogens with one attached hydrogen (secondary N) is 1. The van der Waals surface area contributed by atoms with Gasteiger partial charge >= 0.3 is 0 Å². The van der Waals surface area contributed by atoms with Crippen molar-refractivity contribution < 1.29 is 8.78 Å². The molecule has 0 radical (unpaired) electrons. The monoisotopic (exact) mass is 298 g/mol. The van der Waals surface area contributed by atoms with Crippen molar-refractivity contribution in [2.24, 2.45) is 0 Å². The maximum atomic E-state index is 13.4. The number of benzene rings is 1. The number of nitrogens with zero attached hydrogens (tertiary/aromatic N) is 1. The van der Waals surface area contributed by atoms with Crippen molar-refractivity contribution in [2.75, 3.05) is 5.32 Å². The summed E-state index contributed by atoms with van der Waals surface area (Å²) in [6.45, 7) is 0.202. The van der Waals surface area contributed by atoms with Crippen molar-refractivity contribution in [3.8, 4) is 0 Å². The van der Waals surface area contributed by atoms with Gasteiger partial charge in [0, 0.05) is 18.3 Å². The minimum absolute atomic E-state index is 0.202. The Bertz CT molecular complexity index is 532. The van der Waals surface area contributed by atoms with Gasteiger partial charge in [-0.1, -0.05) is 12.1 Å². The number of hydrogen-bond donors (Lipinski definition) is 1. The van der Waals surface area contributed by atoms with Crippen molar-refractivity contribution in [3.63, 3.8) is 0 Å². The summed E-state index contributed by atoms with van der Waals surface area (Å²) in [5.74, 6) is -1.66. The van der Waals surface area contributed by atoms with E-state index in [9.17, 15) is 8.78 Å². The molecular formula is C12H9BrF2N2. The number of aromatic nitrogens is 1. The van der Waals surface area contributed by atoms with Crippen molar-refractivity contribution in [3.05, 3.63) is 58.3 Å². The fraction of sp³-hybridized carbons (Fsp3) is 0.0833. The van der Waals surface area contributed by atoms with Crippen LogP contribution >= 0.6 is 15.9 Å². The highest BCUT2D eigenvalue weighted by Gasteiger charge is 2.07. The molecule has 2 nitrogen and oxygen atoms in total. The summed E-state index contributed by atoms with van der Waals surface area (Å²) in [4.78, 5) is 4.02. The summed E-state index contributed by atoms with van der Waals surface area (Å²) in [6, 6.07) is 7.67. The first-order valence-electron chi connectivity index (χ1n) is 4.96. The van der Waals surface area contributed by atoms with Crippen LogP contribution in [0.25, 0.3) is 0 Å². The van der Waals surface area contributed by atoms with Crippen molar-refractivity contribution in [1.29, 1.82) is 0 Å². The Kier molecular flexibility index (Phi) is 3.68. The predicted molar refractivity (Wildman–Crippen MR) is 65.6 cm³/mol. The van der Waals surface area contributed by atoms with E-state index in [1.807, 2.05) is 0 Å². The summed E-state index contributed by atoms with van der Waals surface area (Å²) < 4.78 is 27.0. The molecule has 2 rings (SSSR count). The standard InChI is InChI=1S/C12H9BrF2N2/c13-12-10(5-2-6-16-12)17-7-8-3-1-4-9(14)11(8)15/h1-6,17H,7H2. The highest BCUT2D eigenvalue weighted by atomic mass is 79.9. The quantitative estimate of drug-likeness (QED) is 0.873. The average molecular weight is 299 g/mol. The Morgan fingerprint density at radius 2 is 2.00 bits per heavy atom. The Balaban J connectivity index is 2.13. The SMILES string of the molecule is Fc1cccc(CNc2cccnc2Br)c1F. The van der Waals surface area contributed by atoms with Gasteiger partial charge in [0.05, 0.1) is 5.69 Å². The van der Waals surface area contributed by atoms with Crippen LogP contribution in [0.2, 0.25) is 0 Å². The van der Waals surface area contributed by atoms with Crippen LogP contribution in [0.1, 0.15) is 5.56 Å². The zero-order chi connectivity index (χ0) is 12.3. The van der Waals surface area contributed by atoms with E-state index in [0.717, 1.165) is 11.8 Å². The first-order valence-corrected chi connectivity index (χ1v) is 5.75. The lowest BCUT2D eigenvalue weighted by Crippen LogP contribution is -2.04. The summed E-state index contributed by atoms with van der Waals surface area (Å²) in [5, 5.41) is 2.98. The molecule has 0 unspecified atom stereocenters. The third-order valence-corrected chi connectivity index (χ3v) is 2.89. The topological polar surface area (TPSA) is 24.9 Å².